The van der Waals surface area contributed by atoms with Crippen LogP contribution < -0.4 is 10.2 Å². The first kappa shape index (κ1) is 13.1. The maximum absolute atomic E-state index is 11.9. The van der Waals surface area contributed by atoms with Gasteiger partial charge in [-0.3, -0.25) is 14.9 Å². The Morgan fingerprint density at radius 1 is 0.857 bits per heavy atom. The van der Waals surface area contributed by atoms with Crippen LogP contribution in [0.1, 0.15) is 6.42 Å². The third-order valence-corrected chi connectivity index (χ3v) is 3.22. The van der Waals surface area contributed by atoms with E-state index in [-0.39, 0.29) is 6.42 Å². The number of nitrogens with one attached hydrogen (secondary N) is 1. The van der Waals surface area contributed by atoms with E-state index in [0.717, 1.165) is 16.0 Å². The Balaban J connectivity index is 1.98. The summed E-state index contributed by atoms with van der Waals surface area (Å²) in [5.41, 5.74) is 2.33. The molecule has 1 fully saturated rings. The molecule has 0 atom stereocenters. The fourth-order valence-electron chi connectivity index (χ4n) is 2.27. The minimum absolute atomic E-state index is 0.318. The molecular weight excluding hydrogens is 268 g/mol. The van der Waals surface area contributed by atoms with Crippen molar-refractivity contribution in [3.8, 4) is 11.1 Å². The molecule has 1 saturated heterocycles. The Labute approximate surface area is 121 Å². The predicted molar refractivity (Wildman–Crippen MR) is 77.5 cm³/mol. The minimum Gasteiger partial charge on any atom is -0.277 e. The Morgan fingerprint density at radius 2 is 1.57 bits per heavy atom. The maximum Gasteiger partial charge on any atom is 0.335 e. The molecule has 5 nitrogen and oxygen atoms in total. The second-order valence-corrected chi connectivity index (χ2v) is 4.68. The molecule has 0 bridgehead atoms. The van der Waals surface area contributed by atoms with Gasteiger partial charge < -0.3 is 0 Å². The van der Waals surface area contributed by atoms with E-state index in [0.29, 0.717) is 5.69 Å². The van der Waals surface area contributed by atoms with E-state index in [9.17, 15) is 14.4 Å². The van der Waals surface area contributed by atoms with Crippen LogP contribution in [-0.4, -0.2) is 17.8 Å². The van der Waals surface area contributed by atoms with E-state index in [2.05, 4.69) is 5.32 Å². The molecule has 3 rings (SSSR count). The second-order valence-electron chi connectivity index (χ2n) is 4.68. The summed E-state index contributed by atoms with van der Waals surface area (Å²) in [4.78, 5) is 35.9. The summed E-state index contributed by atoms with van der Waals surface area (Å²) < 4.78 is 0. The van der Waals surface area contributed by atoms with Gasteiger partial charge in [0.2, 0.25) is 11.8 Å². The maximum atomic E-state index is 11.9. The van der Waals surface area contributed by atoms with Crippen molar-refractivity contribution in [2.45, 2.75) is 6.42 Å². The Hall–Kier alpha value is -2.95. The zero-order valence-electron chi connectivity index (χ0n) is 11.1. The number of barbiturate groups is 1. The first-order valence-electron chi connectivity index (χ1n) is 6.47. The van der Waals surface area contributed by atoms with E-state index in [1.807, 2.05) is 36.4 Å². The summed E-state index contributed by atoms with van der Waals surface area (Å²) in [6.45, 7) is 0. The smallest absolute Gasteiger partial charge is 0.277 e. The molecule has 4 amide bonds. The number of rotatable bonds is 2. The lowest BCUT2D eigenvalue weighted by Crippen LogP contribution is -2.52. The minimum atomic E-state index is -0.707. The van der Waals surface area contributed by atoms with Gasteiger partial charge in [0, 0.05) is 0 Å². The summed E-state index contributed by atoms with van der Waals surface area (Å²) in [5.74, 6) is -1.09. The Morgan fingerprint density at radius 3 is 2.29 bits per heavy atom. The number of hydrogen-bond donors (Lipinski definition) is 1. The van der Waals surface area contributed by atoms with Crippen LogP contribution in [-0.2, 0) is 9.59 Å². The molecule has 2 aromatic rings. The van der Waals surface area contributed by atoms with Crippen molar-refractivity contribution in [1.29, 1.82) is 0 Å². The monoisotopic (exact) mass is 280 g/mol. The van der Waals surface area contributed by atoms with Crippen molar-refractivity contribution < 1.29 is 14.4 Å². The van der Waals surface area contributed by atoms with Crippen molar-refractivity contribution in [2.24, 2.45) is 0 Å². The van der Waals surface area contributed by atoms with Gasteiger partial charge in [0.15, 0.2) is 0 Å². The van der Waals surface area contributed by atoms with Gasteiger partial charge in [-0.05, 0) is 23.3 Å². The highest BCUT2D eigenvalue weighted by Gasteiger charge is 2.31. The molecule has 2 aromatic carbocycles. The molecule has 5 heteroatoms. The lowest BCUT2D eigenvalue weighted by atomic mass is 10.0. The fraction of sp³-hybridized carbons (Fsp3) is 0.0625. The van der Waals surface area contributed by atoms with Crippen LogP contribution in [0.4, 0.5) is 10.5 Å². The number of amides is 4. The summed E-state index contributed by atoms with van der Waals surface area (Å²) >= 11 is 0. The first-order valence-corrected chi connectivity index (χ1v) is 6.47. The normalized spacial score (nSPS) is 15.0. The Kier molecular flexibility index (Phi) is 3.23. The molecular formula is C16H12N2O3. The van der Waals surface area contributed by atoms with Gasteiger partial charge in [-0.25, -0.2) is 9.69 Å². The van der Waals surface area contributed by atoms with Crippen LogP contribution >= 0.6 is 0 Å². The van der Waals surface area contributed by atoms with Crippen LogP contribution in [0.15, 0.2) is 54.6 Å². The molecule has 21 heavy (non-hydrogen) atoms. The summed E-state index contributed by atoms with van der Waals surface area (Å²) in [6, 6.07) is 16.0. The number of carbonyl (C=O) groups is 3. The van der Waals surface area contributed by atoms with Crippen molar-refractivity contribution >= 4 is 23.5 Å². The van der Waals surface area contributed by atoms with Crippen molar-refractivity contribution in [1.82, 2.24) is 5.32 Å². The summed E-state index contributed by atoms with van der Waals surface area (Å²) in [5, 5.41) is 2.14. The molecule has 1 N–H and O–H groups in total. The van der Waals surface area contributed by atoms with Gasteiger partial charge in [0.05, 0.1) is 5.69 Å². The lowest BCUT2D eigenvalue weighted by molar-refractivity contribution is -0.128. The first-order chi connectivity index (χ1) is 10.1. The van der Waals surface area contributed by atoms with Gasteiger partial charge in [-0.15, -0.1) is 0 Å². The number of urea groups is 1. The molecule has 0 radical (unpaired) electrons. The largest absolute Gasteiger partial charge is 0.335 e. The molecule has 104 valence electrons. The number of carbonyl (C=O) groups excluding carboxylic acids is 3. The van der Waals surface area contributed by atoms with E-state index in [4.69, 9.17) is 0 Å². The zero-order valence-corrected chi connectivity index (χ0v) is 11.1. The van der Waals surface area contributed by atoms with Gasteiger partial charge in [0.1, 0.15) is 6.42 Å². The standard InChI is InChI=1S/C16H12N2O3/c19-14-10-15(20)18(16(21)17-14)13-8-4-7-12(9-13)11-5-2-1-3-6-11/h1-9H,10H2,(H,17,19,21). The van der Waals surface area contributed by atoms with Crippen LogP contribution in [0.3, 0.4) is 0 Å². The van der Waals surface area contributed by atoms with Crippen molar-refractivity contribution in [3.05, 3.63) is 54.6 Å². The summed E-state index contributed by atoms with van der Waals surface area (Å²) in [6.07, 6.45) is -0.318. The van der Waals surface area contributed by atoms with E-state index < -0.39 is 17.8 Å². The topological polar surface area (TPSA) is 66.5 Å². The third-order valence-electron chi connectivity index (χ3n) is 3.22. The molecule has 1 aliphatic heterocycles. The molecule has 1 heterocycles. The predicted octanol–water partition coefficient (Wildman–Crippen LogP) is 2.33. The average molecular weight is 280 g/mol. The van der Waals surface area contributed by atoms with E-state index in [1.54, 1.807) is 18.2 Å². The molecule has 0 spiro atoms. The number of nitrogens with zero attached hydrogens (tertiary/aromatic N) is 1. The summed E-state index contributed by atoms with van der Waals surface area (Å²) in [7, 11) is 0. The van der Waals surface area contributed by atoms with Crippen LogP contribution in [0, 0.1) is 0 Å². The number of hydrogen-bond acceptors (Lipinski definition) is 3. The van der Waals surface area contributed by atoms with Crippen LogP contribution in [0.5, 0.6) is 0 Å². The van der Waals surface area contributed by atoms with Crippen molar-refractivity contribution in [3.63, 3.8) is 0 Å². The molecule has 0 saturated carbocycles. The SMILES string of the molecule is O=C1CC(=O)N(c2cccc(-c3ccccc3)c2)C(=O)N1. The highest BCUT2D eigenvalue weighted by molar-refractivity contribution is 6.26. The van der Waals surface area contributed by atoms with E-state index in [1.165, 1.54) is 0 Å². The number of benzene rings is 2. The molecule has 0 aliphatic carbocycles. The van der Waals surface area contributed by atoms with Crippen molar-refractivity contribution in [2.75, 3.05) is 4.90 Å². The number of imide groups is 2. The van der Waals surface area contributed by atoms with Crippen LogP contribution in [0.2, 0.25) is 0 Å². The second kappa shape index (κ2) is 5.20. The molecule has 0 aromatic heterocycles. The number of anilines is 1. The third kappa shape index (κ3) is 2.53. The zero-order chi connectivity index (χ0) is 14.8. The van der Waals surface area contributed by atoms with Gasteiger partial charge >= 0.3 is 6.03 Å². The highest BCUT2D eigenvalue weighted by Crippen LogP contribution is 2.25. The molecule has 0 unspecified atom stereocenters. The van der Waals surface area contributed by atoms with Gasteiger partial charge in [0.25, 0.3) is 0 Å². The Bertz CT molecular complexity index is 705. The molecule has 1 aliphatic rings. The van der Waals surface area contributed by atoms with E-state index >= 15 is 0 Å². The van der Waals surface area contributed by atoms with Gasteiger partial charge in [-0.1, -0.05) is 42.5 Å². The quantitative estimate of drug-likeness (QED) is 0.858. The average Bonchev–Trinajstić information content (AvgIpc) is 2.47. The fourth-order valence-corrected chi connectivity index (χ4v) is 2.27. The highest BCUT2D eigenvalue weighted by atomic mass is 16.2. The van der Waals surface area contributed by atoms with Crippen LogP contribution in [0.25, 0.3) is 11.1 Å². The lowest BCUT2D eigenvalue weighted by Gasteiger charge is -2.25. The van der Waals surface area contributed by atoms with Gasteiger partial charge in [-0.2, -0.15) is 0 Å².